The number of amides is 3. The molecule has 34 heavy (non-hydrogen) atoms. The Labute approximate surface area is 218 Å². The van der Waals surface area contributed by atoms with Gasteiger partial charge in [-0.15, -0.1) is 0 Å². The predicted octanol–water partition coefficient (Wildman–Crippen LogP) is 2.03. The number of benzene rings is 2. The molecule has 0 aliphatic carbocycles. The zero-order valence-corrected chi connectivity index (χ0v) is 17.3. The maximum atomic E-state index is 16.3. The Hall–Kier alpha value is -3.30. The number of nitrogens with one attached hydrogen (secondary N) is 2. The minimum absolute atomic E-state index is 0.310. The maximum absolute atomic E-state index is 16.3. The van der Waals surface area contributed by atoms with Crippen LogP contribution in [0, 0.1) is 5.82 Å². The fourth-order valence-corrected chi connectivity index (χ4v) is 3.46. The van der Waals surface area contributed by atoms with Gasteiger partial charge in [-0.05, 0) is 18.6 Å². The number of hydrogen-bond acceptors (Lipinski definition) is 6. The third-order valence-electron chi connectivity index (χ3n) is 5.08. The summed E-state index contributed by atoms with van der Waals surface area (Å²) in [5.41, 5.74) is -3.65. The zero-order chi connectivity index (χ0) is 37.1. The van der Waals surface area contributed by atoms with Gasteiger partial charge in [-0.25, -0.2) is 4.39 Å². The van der Waals surface area contributed by atoms with Crippen LogP contribution in [-0.4, -0.2) is 59.7 Å². The molecule has 2 aromatic rings. The van der Waals surface area contributed by atoms with Crippen LogP contribution in [0.4, 0.5) is 10.1 Å². The van der Waals surface area contributed by atoms with Crippen LogP contribution >= 0.6 is 0 Å². The number of imide groups is 1. The lowest BCUT2D eigenvalue weighted by molar-refractivity contribution is -0.136. The van der Waals surface area contributed by atoms with Crippen LogP contribution in [0.15, 0.2) is 36.4 Å². The zero-order valence-electron chi connectivity index (χ0n) is 32.3. The van der Waals surface area contributed by atoms with Crippen molar-refractivity contribution in [1.29, 1.82) is 0 Å². The fourth-order valence-electron chi connectivity index (χ4n) is 3.46. The Morgan fingerprint density at radius 3 is 2.74 bits per heavy atom. The van der Waals surface area contributed by atoms with Crippen molar-refractivity contribution in [3.05, 3.63) is 64.5 Å². The van der Waals surface area contributed by atoms with Gasteiger partial charge in [-0.3, -0.25) is 24.6 Å². The summed E-state index contributed by atoms with van der Waals surface area (Å²) in [5.74, 6) is -4.88. The van der Waals surface area contributed by atoms with E-state index in [1.54, 1.807) is 0 Å². The first-order valence-electron chi connectivity index (χ1n) is 17.5. The molecule has 0 saturated carbocycles. The van der Waals surface area contributed by atoms with Gasteiger partial charge in [0, 0.05) is 75.1 Å². The number of rotatable bonds is 6. The molecule has 8 nitrogen and oxygen atoms in total. The van der Waals surface area contributed by atoms with Gasteiger partial charge in [0.05, 0.1) is 25.5 Å². The molecule has 2 saturated heterocycles. The van der Waals surface area contributed by atoms with Crippen LogP contribution in [0.25, 0.3) is 0 Å². The quantitative estimate of drug-likeness (QED) is 0.614. The molecule has 5 rings (SSSR count). The second kappa shape index (κ2) is 9.52. The monoisotopic (exact) mass is 481 g/mol. The van der Waals surface area contributed by atoms with Crippen molar-refractivity contribution >= 4 is 23.4 Å². The average molecular weight is 482 g/mol. The summed E-state index contributed by atoms with van der Waals surface area (Å²) in [6, 6.07) is 3.28. The molecule has 2 N–H and O–H groups in total. The van der Waals surface area contributed by atoms with Crippen LogP contribution in [0.3, 0.4) is 0 Å². The van der Waals surface area contributed by atoms with Crippen molar-refractivity contribution in [2.45, 2.75) is 38.4 Å². The molecule has 3 heterocycles. The van der Waals surface area contributed by atoms with Crippen LogP contribution in [-0.2, 0) is 33.8 Å². The van der Waals surface area contributed by atoms with E-state index in [2.05, 4.69) is 10.1 Å². The summed E-state index contributed by atoms with van der Waals surface area (Å²) in [5, 5.41) is 4.16. The molecule has 9 heteroatoms. The summed E-state index contributed by atoms with van der Waals surface area (Å²) >= 11 is 0. The number of carbonyl (C=O) groups excluding carboxylic acids is 3. The van der Waals surface area contributed by atoms with Gasteiger partial charge in [0.15, 0.2) is 0 Å². The third kappa shape index (κ3) is 4.41. The van der Waals surface area contributed by atoms with Crippen molar-refractivity contribution in [1.82, 2.24) is 15.1 Å². The van der Waals surface area contributed by atoms with Gasteiger partial charge in [0.1, 0.15) is 11.8 Å². The topological polar surface area (TPSA) is 91.0 Å². The first-order chi connectivity index (χ1) is 22.1. The number of nitrogens with zero attached hydrogens (tertiary/aromatic N) is 2. The molecule has 2 aromatic carbocycles. The molecule has 0 radical (unpaired) electrons. The van der Waals surface area contributed by atoms with Crippen LogP contribution < -0.4 is 10.6 Å². The summed E-state index contributed by atoms with van der Waals surface area (Å²) < 4.78 is 146. The van der Waals surface area contributed by atoms with E-state index in [1.807, 2.05) is 5.32 Å². The van der Waals surface area contributed by atoms with Gasteiger partial charge < -0.3 is 15.0 Å². The van der Waals surface area contributed by atoms with E-state index in [-0.39, 0.29) is 6.42 Å². The lowest BCUT2D eigenvalue weighted by Gasteiger charge is -2.29. The molecular weight excluding hydrogens is 439 g/mol. The molecule has 0 spiro atoms. The standard InChI is InChI=1S/C25H27FN4O4/c26-23-16(3-1-4-17(23)14-29-9-11-34-12-10-29)13-27-20-6-2-5-18-19(20)15-30(25(18)33)21-7-8-22(31)28-24(21)32/h1-6,21,27H,7-15H2,(H,28,31,32)/i9D2,10D2,11D2,12D2,13D2,14D2,15D2,21D. The minimum Gasteiger partial charge on any atom is -0.381 e. The molecule has 3 aliphatic heterocycles. The maximum Gasteiger partial charge on any atom is 0.255 e. The van der Waals surface area contributed by atoms with Crippen LogP contribution in [0.1, 0.15) is 60.5 Å². The van der Waals surface area contributed by atoms with E-state index in [9.17, 15) is 14.4 Å². The molecule has 3 amide bonds. The molecule has 178 valence electrons. The smallest absolute Gasteiger partial charge is 0.255 e. The first-order valence-corrected chi connectivity index (χ1v) is 10.00. The summed E-state index contributed by atoms with van der Waals surface area (Å²) in [6.45, 7) is -24.7. The van der Waals surface area contributed by atoms with Gasteiger partial charge >= 0.3 is 0 Å². The fraction of sp³-hybridized carbons (Fsp3) is 0.400. The Morgan fingerprint density at radius 2 is 1.94 bits per heavy atom. The van der Waals surface area contributed by atoms with Gasteiger partial charge in [-0.1, -0.05) is 24.3 Å². The summed E-state index contributed by atoms with van der Waals surface area (Å²) in [6.07, 6.45) is -0.937. The Morgan fingerprint density at radius 1 is 1.18 bits per heavy atom. The molecular formula is C25H27FN4O4. The lowest BCUT2D eigenvalue weighted by atomic mass is 10.0. The van der Waals surface area contributed by atoms with Crippen molar-refractivity contribution in [3.63, 3.8) is 0 Å². The number of ether oxygens (including phenoxy) is 1. The third-order valence-corrected chi connectivity index (χ3v) is 5.08. The Bertz CT molecular complexity index is 1750. The number of fused-ring (bicyclic) bond motifs is 1. The molecule has 3 aliphatic rings. The predicted molar refractivity (Wildman–Crippen MR) is 122 cm³/mol. The van der Waals surface area contributed by atoms with Crippen molar-refractivity contribution < 1.29 is 44.1 Å². The molecule has 1 atom stereocenters. The Balaban J connectivity index is 1.57. The van der Waals surface area contributed by atoms with Gasteiger partial charge in [-0.2, -0.15) is 0 Å². The van der Waals surface area contributed by atoms with Crippen LogP contribution in [0.5, 0.6) is 0 Å². The normalized spacial score (nSPS) is 37.9. The van der Waals surface area contributed by atoms with Crippen molar-refractivity contribution in [2.24, 2.45) is 0 Å². The average Bonchev–Trinajstić information content (AvgIpc) is 3.14. The van der Waals surface area contributed by atoms with Gasteiger partial charge in [0.2, 0.25) is 11.8 Å². The van der Waals surface area contributed by atoms with Crippen LogP contribution in [0.2, 0.25) is 0 Å². The first kappa shape index (κ1) is 11.0. The van der Waals surface area contributed by atoms with E-state index in [4.69, 9.17) is 20.6 Å². The minimum atomic E-state index is -3.78. The number of hydrogen-bond donors (Lipinski definition) is 2. The van der Waals surface area contributed by atoms with E-state index < -0.39 is 114 Å². The highest BCUT2D eigenvalue weighted by Gasteiger charge is 2.39. The number of anilines is 1. The second-order valence-corrected chi connectivity index (χ2v) is 7.20. The SMILES string of the molecule is [2H]C([2H])(Nc1cccc2c1C([2H])([2H])N(C1([2H])CCC(=O)NC1=O)C2=O)c1cccc(C([2H])([2H])N2C([2H])([2H])C([2H])([2H])OC([2H])([2H])C2([2H])[2H])c1F. The van der Waals surface area contributed by atoms with Gasteiger partial charge in [0.25, 0.3) is 5.91 Å². The second-order valence-electron chi connectivity index (χ2n) is 7.20. The number of piperidine rings is 1. The van der Waals surface area contributed by atoms with E-state index in [1.165, 1.54) is 6.07 Å². The lowest BCUT2D eigenvalue weighted by Crippen LogP contribution is -2.52. The number of morpholine rings is 1. The largest absolute Gasteiger partial charge is 0.381 e. The highest BCUT2D eigenvalue weighted by atomic mass is 19.1. The number of carbonyl (C=O) groups is 3. The molecule has 0 bridgehead atoms. The summed E-state index contributed by atoms with van der Waals surface area (Å²) in [4.78, 5) is 37.6. The molecule has 2 fully saturated rings. The number of halogens is 1. The summed E-state index contributed by atoms with van der Waals surface area (Å²) in [7, 11) is 0. The highest BCUT2D eigenvalue weighted by molar-refractivity contribution is 6.06. The van der Waals surface area contributed by atoms with E-state index >= 15 is 4.39 Å². The molecule has 0 aromatic heterocycles. The van der Waals surface area contributed by atoms with Crippen molar-refractivity contribution in [3.8, 4) is 0 Å². The van der Waals surface area contributed by atoms with E-state index in [0.29, 0.717) is 11.0 Å². The van der Waals surface area contributed by atoms with Crippen molar-refractivity contribution in [2.75, 3.05) is 31.4 Å². The molecule has 1 unspecified atom stereocenters. The van der Waals surface area contributed by atoms with E-state index in [0.717, 1.165) is 24.3 Å². The Kier molecular flexibility index (Phi) is 3.07. The highest BCUT2D eigenvalue weighted by Crippen LogP contribution is 2.32.